The van der Waals surface area contributed by atoms with Gasteiger partial charge in [0.05, 0.1) is 30.2 Å². The number of benzene rings is 3. The summed E-state index contributed by atoms with van der Waals surface area (Å²) in [5.41, 5.74) is 2.78. The van der Waals surface area contributed by atoms with Gasteiger partial charge in [-0.15, -0.1) is 0 Å². The third-order valence-electron chi connectivity index (χ3n) is 9.31. The second-order valence-corrected chi connectivity index (χ2v) is 13.0. The number of rotatable bonds is 11. The van der Waals surface area contributed by atoms with Gasteiger partial charge in [-0.25, -0.2) is 0 Å². The number of alkyl halides is 3. The van der Waals surface area contributed by atoms with Gasteiger partial charge in [-0.3, -0.25) is 24.3 Å². The summed E-state index contributed by atoms with van der Waals surface area (Å²) >= 11 is 0. The number of nitrogens with one attached hydrogen (secondary N) is 3. The Labute approximate surface area is 306 Å². The molecule has 0 unspecified atom stereocenters. The Balaban J connectivity index is 1.20. The number of ether oxygens (including phenoxy) is 1. The van der Waals surface area contributed by atoms with Crippen LogP contribution in [0.15, 0.2) is 85.1 Å². The van der Waals surface area contributed by atoms with Gasteiger partial charge in [-0.2, -0.15) is 13.2 Å². The maximum atomic E-state index is 13.7. The number of hydrogen-bond donors (Lipinski definition) is 3. The fraction of sp³-hybridized carbons (Fsp3) is 0.333. The molecule has 0 radical (unpaired) electrons. The molecule has 0 saturated carbocycles. The number of morpholine rings is 1. The van der Waals surface area contributed by atoms with E-state index in [0.29, 0.717) is 53.4 Å². The van der Waals surface area contributed by atoms with Gasteiger partial charge in [0.1, 0.15) is 0 Å². The number of carbonyl (C=O) groups is 3. The molecule has 3 N–H and O–H groups in total. The van der Waals surface area contributed by atoms with Crippen molar-refractivity contribution in [2.45, 2.75) is 12.7 Å². The number of likely N-dealkylation sites (N-methyl/N-ethyl adjacent to an activating group) is 1. The summed E-state index contributed by atoms with van der Waals surface area (Å²) in [6.45, 7) is 7.34. The van der Waals surface area contributed by atoms with Gasteiger partial charge in [0.15, 0.2) is 0 Å². The predicted molar refractivity (Wildman–Crippen MR) is 196 cm³/mol. The molecule has 0 bridgehead atoms. The molecule has 6 rings (SSSR count). The first-order valence-corrected chi connectivity index (χ1v) is 17.5. The Morgan fingerprint density at radius 3 is 2.38 bits per heavy atom. The minimum Gasteiger partial charge on any atom is -0.379 e. The maximum absolute atomic E-state index is 13.7. The average Bonchev–Trinajstić information content (AvgIpc) is 3.19. The molecule has 278 valence electrons. The van der Waals surface area contributed by atoms with E-state index in [1.165, 1.54) is 24.4 Å². The SMILES string of the molecule is CN(CCN1CCOCC1)C(=O)c1cccc(C(=O)Nc2ccc(N3CCNCC3)cc2-c2cc(C(=O)NCc3cccc(C(F)(F)F)c3)ccn2)c1. The van der Waals surface area contributed by atoms with Gasteiger partial charge in [-0.1, -0.05) is 18.2 Å². The van der Waals surface area contributed by atoms with Gasteiger partial charge in [0.2, 0.25) is 0 Å². The molecule has 3 heterocycles. The van der Waals surface area contributed by atoms with Crippen molar-refractivity contribution in [1.29, 1.82) is 0 Å². The normalized spacial score (nSPS) is 15.1. The van der Waals surface area contributed by atoms with Crippen molar-refractivity contribution in [3.8, 4) is 11.3 Å². The molecule has 1 aromatic heterocycles. The summed E-state index contributed by atoms with van der Waals surface area (Å²) in [5, 5.41) is 9.02. The van der Waals surface area contributed by atoms with E-state index in [2.05, 4.69) is 30.7 Å². The van der Waals surface area contributed by atoms with E-state index in [0.717, 1.165) is 63.6 Å². The number of carbonyl (C=O) groups excluding carboxylic acids is 3. The molecule has 2 aliphatic rings. The van der Waals surface area contributed by atoms with E-state index >= 15 is 0 Å². The highest BCUT2D eigenvalue weighted by Crippen LogP contribution is 2.33. The Bertz CT molecular complexity index is 1930. The first-order chi connectivity index (χ1) is 25.5. The zero-order valence-electron chi connectivity index (χ0n) is 29.4. The standard InChI is InChI=1S/C39H42F3N7O4/c1-47(16-17-48-18-20-53-21-19-48)38(52)30-6-3-5-28(23-30)37(51)46-34-9-8-32(49-14-12-43-13-15-49)25-33(34)35-24-29(10-11-44-35)36(50)45-26-27-4-2-7-31(22-27)39(40,41)42/h2-11,22-25,43H,12-21,26H2,1H3,(H,45,50)(H,46,51). The topological polar surface area (TPSA) is 119 Å². The van der Waals surface area contributed by atoms with Crippen molar-refractivity contribution in [2.24, 2.45) is 0 Å². The molecule has 2 aliphatic heterocycles. The molecule has 0 atom stereocenters. The van der Waals surface area contributed by atoms with Gasteiger partial charge < -0.3 is 30.5 Å². The third kappa shape index (κ3) is 9.77. The van der Waals surface area contributed by atoms with Crippen LogP contribution in [0.5, 0.6) is 0 Å². The molecule has 2 fully saturated rings. The lowest BCUT2D eigenvalue weighted by molar-refractivity contribution is -0.137. The highest BCUT2D eigenvalue weighted by Gasteiger charge is 2.30. The van der Waals surface area contributed by atoms with E-state index in [4.69, 9.17) is 4.74 Å². The Morgan fingerprint density at radius 1 is 0.868 bits per heavy atom. The molecular weight excluding hydrogens is 687 g/mol. The number of anilines is 2. The number of aromatic nitrogens is 1. The lowest BCUT2D eigenvalue weighted by Crippen LogP contribution is -2.43. The van der Waals surface area contributed by atoms with Gasteiger partial charge in [-0.05, 0) is 66.2 Å². The van der Waals surface area contributed by atoms with Crippen molar-refractivity contribution in [1.82, 2.24) is 25.4 Å². The number of hydrogen-bond acceptors (Lipinski definition) is 8. The molecule has 2 saturated heterocycles. The lowest BCUT2D eigenvalue weighted by Gasteiger charge is -2.30. The van der Waals surface area contributed by atoms with Crippen molar-refractivity contribution in [2.75, 3.05) is 82.8 Å². The number of piperazine rings is 1. The zero-order chi connectivity index (χ0) is 37.4. The van der Waals surface area contributed by atoms with Crippen LogP contribution in [0.2, 0.25) is 0 Å². The van der Waals surface area contributed by atoms with E-state index < -0.39 is 23.6 Å². The molecule has 0 aliphatic carbocycles. The van der Waals surface area contributed by atoms with Crippen molar-refractivity contribution >= 4 is 29.1 Å². The fourth-order valence-electron chi connectivity index (χ4n) is 6.26. The number of halogens is 3. The number of amides is 3. The minimum absolute atomic E-state index is 0.106. The van der Waals surface area contributed by atoms with E-state index in [-0.39, 0.29) is 18.0 Å². The van der Waals surface area contributed by atoms with Crippen LogP contribution >= 0.6 is 0 Å². The zero-order valence-corrected chi connectivity index (χ0v) is 29.4. The second kappa shape index (κ2) is 17.0. The molecule has 3 aromatic carbocycles. The summed E-state index contributed by atoms with van der Waals surface area (Å²) in [6.07, 6.45) is -3.02. The van der Waals surface area contributed by atoms with Crippen LogP contribution in [0, 0.1) is 0 Å². The number of pyridine rings is 1. The van der Waals surface area contributed by atoms with Gasteiger partial charge in [0, 0.05) is 100 Å². The summed E-state index contributed by atoms with van der Waals surface area (Å²) in [4.78, 5) is 50.9. The maximum Gasteiger partial charge on any atom is 0.416 e. The predicted octanol–water partition coefficient (Wildman–Crippen LogP) is 4.76. The van der Waals surface area contributed by atoms with Crippen LogP contribution in [0.3, 0.4) is 0 Å². The second-order valence-electron chi connectivity index (χ2n) is 13.0. The molecule has 3 amide bonds. The van der Waals surface area contributed by atoms with Crippen LogP contribution in [0.1, 0.15) is 42.2 Å². The first-order valence-electron chi connectivity index (χ1n) is 17.5. The van der Waals surface area contributed by atoms with Crippen LogP contribution in [-0.4, -0.2) is 105 Å². The van der Waals surface area contributed by atoms with E-state index in [1.54, 1.807) is 48.3 Å². The molecular formula is C39H42F3N7O4. The molecule has 53 heavy (non-hydrogen) atoms. The van der Waals surface area contributed by atoms with Crippen LogP contribution in [0.4, 0.5) is 24.5 Å². The highest BCUT2D eigenvalue weighted by molar-refractivity contribution is 6.08. The fourth-order valence-corrected chi connectivity index (χ4v) is 6.26. The van der Waals surface area contributed by atoms with Crippen LogP contribution in [0.25, 0.3) is 11.3 Å². The molecule has 0 spiro atoms. The van der Waals surface area contributed by atoms with Crippen molar-refractivity contribution < 1.29 is 32.3 Å². The average molecular weight is 730 g/mol. The van der Waals surface area contributed by atoms with Gasteiger partial charge >= 0.3 is 6.18 Å². The Morgan fingerprint density at radius 2 is 1.60 bits per heavy atom. The summed E-state index contributed by atoms with van der Waals surface area (Å²) in [5.74, 6) is -1.12. The molecule has 14 heteroatoms. The lowest BCUT2D eigenvalue weighted by atomic mass is 10.0. The smallest absolute Gasteiger partial charge is 0.379 e. The highest BCUT2D eigenvalue weighted by atomic mass is 19.4. The monoisotopic (exact) mass is 729 g/mol. The van der Waals surface area contributed by atoms with Crippen LogP contribution < -0.4 is 20.9 Å². The largest absolute Gasteiger partial charge is 0.416 e. The van der Waals surface area contributed by atoms with E-state index in [1.807, 2.05) is 12.1 Å². The Kier molecular flexibility index (Phi) is 12.0. The Hall–Kier alpha value is -5.31. The van der Waals surface area contributed by atoms with Crippen LogP contribution in [-0.2, 0) is 17.5 Å². The van der Waals surface area contributed by atoms with E-state index in [9.17, 15) is 27.6 Å². The summed E-state index contributed by atoms with van der Waals surface area (Å²) in [7, 11) is 1.74. The quantitative estimate of drug-likeness (QED) is 0.202. The molecule has 4 aromatic rings. The van der Waals surface area contributed by atoms with Crippen molar-refractivity contribution in [3.05, 3.63) is 113 Å². The van der Waals surface area contributed by atoms with Crippen molar-refractivity contribution in [3.63, 3.8) is 0 Å². The summed E-state index contributed by atoms with van der Waals surface area (Å²) in [6, 6.07) is 20.1. The summed E-state index contributed by atoms with van der Waals surface area (Å²) < 4.78 is 45.0. The molecule has 11 nitrogen and oxygen atoms in total. The van der Waals surface area contributed by atoms with Gasteiger partial charge in [0.25, 0.3) is 17.7 Å². The number of nitrogens with zero attached hydrogens (tertiary/aromatic N) is 4. The third-order valence-corrected chi connectivity index (χ3v) is 9.31. The first kappa shape index (κ1) is 37.4. The minimum atomic E-state index is -4.49.